The summed E-state index contributed by atoms with van der Waals surface area (Å²) in [5.74, 6) is 0. The number of benzene rings is 1. The minimum absolute atomic E-state index is 0.112. The van der Waals surface area contributed by atoms with Crippen molar-refractivity contribution in [3.63, 3.8) is 0 Å². The van der Waals surface area contributed by atoms with Crippen molar-refractivity contribution >= 4 is 0 Å². The van der Waals surface area contributed by atoms with Gasteiger partial charge in [-0.25, -0.2) is 0 Å². The van der Waals surface area contributed by atoms with Gasteiger partial charge in [0, 0.05) is 6.04 Å². The van der Waals surface area contributed by atoms with Gasteiger partial charge in [-0.3, -0.25) is 0 Å². The van der Waals surface area contributed by atoms with E-state index in [2.05, 4.69) is 0 Å². The third-order valence-electron chi connectivity index (χ3n) is 3.21. The molecule has 1 fully saturated rings. The minimum Gasteiger partial charge on any atom is -0.384 e. The molecule has 0 aromatic heterocycles. The first kappa shape index (κ1) is 9.69. The predicted molar refractivity (Wildman–Crippen MR) is 56.8 cm³/mol. The molecule has 1 aliphatic carbocycles. The molecule has 2 nitrogen and oxygen atoms in total. The highest BCUT2D eigenvalue weighted by Crippen LogP contribution is 2.35. The van der Waals surface area contributed by atoms with E-state index in [1.54, 1.807) is 0 Å². The number of nitrogens with two attached hydrogens (primary N) is 1. The van der Waals surface area contributed by atoms with E-state index in [1.165, 1.54) is 0 Å². The Hall–Kier alpha value is -0.860. The molecule has 2 rings (SSSR count). The Morgan fingerprint density at radius 2 is 1.93 bits per heavy atom. The zero-order valence-electron chi connectivity index (χ0n) is 8.32. The van der Waals surface area contributed by atoms with E-state index in [0.717, 1.165) is 31.2 Å². The fourth-order valence-electron chi connectivity index (χ4n) is 2.27. The highest BCUT2D eigenvalue weighted by molar-refractivity contribution is 5.24. The molecule has 0 amide bonds. The van der Waals surface area contributed by atoms with Gasteiger partial charge in [0.05, 0.1) is 0 Å². The third kappa shape index (κ3) is 1.56. The molecule has 0 bridgehead atoms. The standard InChI is InChI=1S/C12H17NO/c13-11-8-4-5-9-12(11,14)10-6-2-1-3-7-10/h1-3,6-7,11,14H,4-5,8-9,13H2. The topological polar surface area (TPSA) is 46.2 Å². The van der Waals surface area contributed by atoms with Gasteiger partial charge in [-0.1, -0.05) is 43.2 Å². The van der Waals surface area contributed by atoms with Crippen molar-refractivity contribution < 1.29 is 5.11 Å². The Morgan fingerprint density at radius 3 is 2.57 bits per heavy atom. The lowest BCUT2D eigenvalue weighted by Crippen LogP contribution is -2.47. The number of rotatable bonds is 1. The van der Waals surface area contributed by atoms with E-state index >= 15 is 0 Å². The monoisotopic (exact) mass is 191 g/mol. The summed E-state index contributed by atoms with van der Waals surface area (Å²) in [6.45, 7) is 0. The van der Waals surface area contributed by atoms with Crippen molar-refractivity contribution in [3.05, 3.63) is 35.9 Å². The average Bonchev–Trinajstić information content (AvgIpc) is 2.24. The molecule has 0 aliphatic heterocycles. The Bertz CT molecular complexity index is 298. The number of aliphatic hydroxyl groups is 1. The van der Waals surface area contributed by atoms with Gasteiger partial charge >= 0.3 is 0 Å². The van der Waals surface area contributed by atoms with Crippen LogP contribution in [-0.2, 0) is 5.60 Å². The predicted octanol–water partition coefficient (Wildman–Crippen LogP) is 1.78. The molecule has 2 heteroatoms. The van der Waals surface area contributed by atoms with Gasteiger partial charge in [0.15, 0.2) is 0 Å². The first-order valence-electron chi connectivity index (χ1n) is 5.27. The summed E-state index contributed by atoms with van der Waals surface area (Å²) in [6.07, 6.45) is 3.92. The van der Waals surface area contributed by atoms with Crippen molar-refractivity contribution in [2.45, 2.75) is 37.3 Å². The summed E-state index contributed by atoms with van der Waals surface area (Å²) in [7, 11) is 0. The largest absolute Gasteiger partial charge is 0.384 e. The maximum Gasteiger partial charge on any atom is 0.105 e. The fourth-order valence-corrected chi connectivity index (χ4v) is 2.27. The molecule has 1 saturated carbocycles. The van der Waals surface area contributed by atoms with E-state index in [1.807, 2.05) is 30.3 Å². The van der Waals surface area contributed by atoms with Crippen LogP contribution in [0.3, 0.4) is 0 Å². The summed E-state index contributed by atoms with van der Waals surface area (Å²) in [5.41, 5.74) is 6.17. The van der Waals surface area contributed by atoms with Gasteiger partial charge in [0.1, 0.15) is 5.60 Å². The average molecular weight is 191 g/mol. The lowest BCUT2D eigenvalue weighted by molar-refractivity contribution is -0.0193. The quantitative estimate of drug-likeness (QED) is 0.710. The smallest absolute Gasteiger partial charge is 0.105 e. The Balaban J connectivity index is 2.30. The molecule has 76 valence electrons. The van der Waals surface area contributed by atoms with Crippen LogP contribution in [0.5, 0.6) is 0 Å². The lowest BCUT2D eigenvalue weighted by Gasteiger charge is -2.38. The van der Waals surface area contributed by atoms with Crippen molar-refractivity contribution in [2.75, 3.05) is 0 Å². The summed E-state index contributed by atoms with van der Waals surface area (Å²) in [4.78, 5) is 0. The summed E-state index contributed by atoms with van der Waals surface area (Å²) >= 11 is 0. The van der Waals surface area contributed by atoms with Gasteiger partial charge in [-0.2, -0.15) is 0 Å². The van der Waals surface area contributed by atoms with Crippen LogP contribution in [0.4, 0.5) is 0 Å². The van der Waals surface area contributed by atoms with E-state index < -0.39 is 5.60 Å². The molecule has 1 aromatic carbocycles. The molecular weight excluding hydrogens is 174 g/mol. The maximum absolute atomic E-state index is 10.5. The van der Waals surface area contributed by atoms with Gasteiger partial charge in [-0.15, -0.1) is 0 Å². The minimum atomic E-state index is -0.792. The first-order valence-corrected chi connectivity index (χ1v) is 5.27. The molecule has 2 atom stereocenters. The molecular formula is C12H17NO. The number of hydrogen-bond acceptors (Lipinski definition) is 2. The van der Waals surface area contributed by atoms with Gasteiger partial charge in [0.25, 0.3) is 0 Å². The lowest BCUT2D eigenvalue weighted by atomic mass is 9.76. The second kappa shape index (κ2) is 3.71. The zero-order valence-corrected chi connectivity index (χ0v) is 8.32. The van der Waals surface area contributed by atoms with E-state index in [4.69, 9.17) is 5.73 Å². The van der Waals surface area contributed by atoms with Crippen LogP contribution in [0.2, 0.25) is 0 Å². The SMILES string of the molecule is NC1CCCCC1(O)c1ccccc1. The second-order valence-corrected chi connectivity index (χ2v) is 4.14. The molecule has 0 radical (unpaired) electrons. The van der Waals surface area contributed by atoms with Crippen molar-refractivity contribution in [1.82, 2.24) is 0 Å². The van der Waals surface area contributed by atoms with Gasteiger partial charge in [-0.05, 0) is 18.4 Å². The van der Waals surface area contributed by atoms with Gasteiger partial charge < -0.3 is 10.8 Å². The van der Waals surface area contributed by atoms with Crippen LogP contribution in [-0.4, -0.2) is 11.1 Å². The fraction of sp³-hybridized carbons (Fsp3) is 0.500. The Morgan fingerprint density at radius 1 is 1.21 bits per heavy atom. The Kier molecular flexibility index (Phi) is 2.57. The highest BCUT2D eigenvalue weighted by Gasteiger charge is 2.37. The molecule has 0 saturated heterocycles. The molecule has 3 N–H and O–H groups in total. The first-order chi connectivity index (χ1) is 6.73. The molecule has 14 heavy (non-hydrogen) atoms. The van der Waals surface area contributed by atoms with Crippen molar-refractivity contribution in [2.24, 2.45) is 5.73 Å². The van der Waals surface area contributed by atoms with Crippen LogP contribution >= 0.6 is 0 Å². The maximum atomic E-state index is 10.5. The summed E-state index contributed by atoms with van der Waals surface area (Å²) < 4.78 is 0. The van der Waals surface area contributed by atoms with Gasteiger partial charge in [0.2, 0.25) is 0 Å². The van der Waals surface area contributed by atoms with Crippen molar-refractivity contribution in [3.8, 4) is 0 Å². The second-order valence-electron chi connectivity index (χ2n) is 4.14. The molecule has 1 aromatic rings. The summed E-state index contributed by atoms with van der Waals surface area (Å²) in [6, 6.07) is 9.68. The summed E-state index contributed by atoms with van der Waals surface area (Å²) in [5, 5.41) is 10.5. The van der Waals surface area contributed by atoms with Crippen LogP contribution in [0.1, 0.15) is 31.2 Å². The van der Waals surface area contributed by atoms with Crippen LogP contribution < -0.4 is 5.73 Å². The van der Waals surface area contributed by atoms with Crippen molar-refractivity contribution in [1.29, 1.82) is 0 Å². The third-order valence-corrected chi connectivity index (χ3v) is 3.21. The molecule has 2 unspecified atom stereocenters. The highest BCUT2D eigenvalue weighted by atomic mass is 16.3. The van der Waals surface area contributed by atoms with E-state index in [9.17, 15) is 5.11 Å². The normalized spacial score (nSPS) is 32.9. The molecule has 0 spiro atoms. The number of hydrogen-bond donors (Lipinski definition) is 2. The van der Waals surface area contributed by atoms with E-state index in [-0.39, 0.29) is 6.04 Å². The Labute approximate surface area is 84.7 Å². The van der Waals surface area contributed by atoms with Crippen LogP contribution in [0, 0.1) is 0 Å². The molecule has 0 heterocycles. The van der Waals surface area contributed by atoms with E-state index in [0.29, 0.717) is 0 Å². The van der Waals surface area contributed by atoms with Crippen LogP contribution in [0.25, 0.3) is 0 Å². The zero-order chi connectivity index (χ0) is 10.0. The van der Waals surface area contributed by atoms with Crippen LogP contribution in [0.15, 0.2) is 30.3 Å². The molecule has 1 aliphatic rings.